The van der Waals surface area contributed by atoms with Crippen molar-refractivity contribution in [2.45, 2.75) is 6.54 Å². The van der Waals surface area contributed by atoms with Gasteiger partial charge >= 0.3 is 0 Å². The number of halogens is 1. The molecule has 0 atom stereocenters. The van der Waals surface area contributed by atoms with Crippen molar-refractivity contribution >= 4 is 34.3 Å². The van der Waals surface area contributed by atoms with Crippen LogP contribution in [0.5, 0.6) is 0 Å². The lowest BCUT2D eigenvalue weighted by Gasteiger charge is -2.36. The molecule has 3 rings (SSSR count). The molecule has 1 aromatic heterocycles. The number of hydrogen-bond donors (Lipinski definition) is 0. The fraction of sp³-hybridized carbons (Fsp3) is 0.333. The van der Waals surface area contributed by atoms with Crippen LogP contribution in [-0.2, 0) is 6.54 Å². The van der Waals surface area contributed by atoms with Gasteiger partial charge in [-0.15, -0.1) is 11.3 Å². The van der Waals surface area contributed by atoms with E-state index in [1.54, 1.807) is 17.4 Å². The number of non-ortho nitro benzene ring substituents is 1. The van der Waals surface area contributed by atoms with E-state index in [0.29, 0.717) is 5.02 Å². The van der Waals surface area contributed by atoms with Crippen LogP contribution in [0.1, 0.15) is 4.88 Å². The molecule has 1 aromatic carbocycles. The van der Waals surface area contributed by atoms with E-state index in [2.05, 4.69) is 27.3 Å². The number of nitro groups is 1. The van der Waals surface area contributed by atoms with Crippen LogP contribution < -0.4 is 4.90 Å². The Kier molecular flexibility index (Phi) is 4.61. The van der Waals surface area contributed by atoms with Gasteiger partial charge in [-0.25, -0.2) is 0 Å². The van der Waals surface area contributed by atoms with Gasteiger partial charge in [0.2, 0.25) is 0 Å². The summed E-state index contributed by atoms with van der Waals surface area (Å²) in [5.74, 6) is 0. The van der Waals surface area contributed by atoms with Gasteiger partial charge in [0.15, 0.2) is 0 Å². The first-order chi connectivity index (χ1) is 10.6. The van der Waals surface area contributed by atoms with Gasteiger partial charge in [0, 0.05) is 49.7 Å². The maximum atomic E-state index is 10.8. The Morgan fingerprint density at radius 1 is 1.23 bits per heavy atom. The third-order valence-corrected chi connectivity index (χ3v) is 4.98. The lowest BCUT2D eigenvalue weighted by atomic mass is 10.2. The predicted molar refractivity (Wildman–Crippen MR) is 89.9 cm³/mol. The maximum Gasteiger partial charge on any atom is 0.271 e. The summed E-state index contributed by atoms with van der Waals surface area (Å²) < 4.78 is 0. The number of rotatable bonds is 4. The van der Waals surface area contributed by atoms with E-state index < -0.39 is 4.92 Å². The fourth-order valence-corrected chi connectivity index (χ4v) is 3.68. The molecule has 0 spiro atoms. The van der Waals surface area contributed by atoms with Crippen molar-refractivity contribution in [1.29, 1.82) is 0 Å². The van der Waals surface area contributed by atoms with Gasteiger partial charge in [0.25, 0.3) is 5.69 Å². The van der Waals surface area contributed by atoms with Crippen LogP contribution in [0.4, 0.5) is 11.4 Å². The Balaban J connectivity index is 1.62. The van der Waals surface area contributed by atoms with E-state index in [1.165, 1.54) is 17.0 Å². The molecular weight excluding hydrogens is 322 g/mol. The van der Waals surface area contributed by atoms with Crippen molar-refractivity contribution in [2.75, 3.05) is 31.1 Å². The summed E-state index contributed by atoms with van der Waals surface area (Å²) in [4.78, 5) is 16.3. The zero-order valence-electron chi connectivity index (χ0n) is 11.9. The van der Waals surface area contributed by atoms with Crippen LogP contribution in [0.25, 0.3) is 0 Å². The molecule has 1 aliphatic rings. The molecule has 5 nitrogen and oxygen atoms in total. The van der Waals surface area contributed by atoms with Crippen molar-refractivity contribution in [3.05, 3.63) is 55.7 Å². The van der Waals surface area contributed by atoms with Crippen molar-refractivity contribution in [2.24, 2.45) is 0 Å². The van der Waals surface area contributed by atoms with Gasteiger partial charge in [0.05, 0.1) is 15.6 Å². The summed E-state index contributed by atoms with van der Waals surface area (Å²) in [5, 5.41) is 13.3. The molecule has 0 unspecified atom stereocenters. The highest BCUT2D eigenvalue weighted by Crippen LogP contribution is 2.30. The minimum Gasteiger partial charge on any atom is -0.368 e. The molecule has 0 aliphatic carbocycles. The monoisotopic (exact) mass is 337 g/mol. The molecule has 2 heterocycles. The Hall–Kier alpha value is -1.63. The average molecular weight is 338 g/mol. The molecule has 0 radical (unpaired) electrons. The van der Waals surface area contributed by atoms with E-state index in [0.717, 1.165) is 38.4 Å². The molecule has 0 N–H and O–H groups in total. The van der Waals surface area contributed by atoms with Crippen molar-refractivity contribution in [3.8, 4) is 0 Å². The first kappa shape index (κ1) is 15.3. The Bertz CT molecular complexity index is 655. The Morgan fingerprint density at radius 2 is 2.00 bits per heavy atom. The van der Waals surface area contributed by atoms with Crippen molar-refractivity contribution in [3.63, 3.8) is 0 Å². The molecule has 22 heavy (non-hydrogen) atoms. The van der Waals surface area contributed by atoms with E-state index in [1.807, 2.05) is 0 Å². The number of nitro benzene ring substituents is 1. The quantitative estimate of drug-likeness (QED) is 0.631. The Labute approximate surface area is 137 Å². The van der Waals surface area contributed by atoms with Gasteiger partial charge in [-0.05, 0) is 17.5 Å². The molecular formula is C15H16ClN3O2S. The first-order valence-electron chi connectivity index (χ1n) is 7.07. The van der Waals surface area contributed by atoms with Crippen LogP contribution in [0, 0.1) is 10.1 Å². The molecule has 1 aliphatic heterocycles. The highest BCUT2D eigenvalue weighted by molar-refractivity contribution is 7.09. The molecule has 1 fully saturated rings. The van der Waals surface area contributed by atoms with Crippen LogP contribution >= 0.6 is 22.9 Å². The predicted octanol–water partition coefficient (Wildman–Crippen LogP) is 3.63. The topological polar surface area (TPSA) is 49.6 Å². The Morgan fingerprint density at radius 3 is 2.59 bits per heavy atom. The first-order valence-corrected chi connectivity index (χ1v) is 8.33. The van der Waals surface area contributed by atoms with E-state index in [-0.39, 0.29) is 5.69 Å². The zero-order chi connectivity index (χ0) is 15.5. The summed E-state index contributed by atoms with van der Waals surface area (Å²) in [7, 11) is 0. The van der Waals surface area contributed by atoms with Gasteiger partial charge in [-0.1, -0.05) is 17.7 Å². The summed E-state index contributed by atoms with van der Waals surface area (Å²) in [6, 6.07) is 8.92. The minimum atomic E-state index is -0.422. The number of hydrogen-bond acceptors (Lipinski definition) is 5. The molecule has 116 valence electrons. The number of benzene rings is 1. The summed E-state index contributed by atoms with van der Waals surface area (Å²) in [6.07, 6.45) is 0. The fourth-order valence-electron chi connectivity index (χ4n) is 2.64. The van der Waals surface area contributed by atoms with Gasteiger partial charge < -0.3 is 4.90 Å². The normalized spacial score (nSPS) is 16.0. The third kappa shape index (κ3) is 3.40. The van der Waals surface area contributed by atoms with Crippen molar-refractivity contribution in [1.82, 2.24) is 4.90 Å². The molecule has 7 heteroatoms. The number of anilines is 1. The zero-order valence-corrected chi connectivity index (χ0v) is 13.5. The molecule has 0 bridgehead atoms. The highest BCUT2D eigenvalue weighted by Gasteiger charge is 2.20. The van der Waals surface area contributed by atoms with Gasteiger partial charge in [-0.2, -0.15) is 0 Å². The SMILES string of the molecule is O=[N+]([O-])c1ccc(N2CCN(Cc3cccs3)CC2)c(Cl)c1. The summed E-state index contributed by atoms with van der Waals surface area (Å²) >= 11 is 7.98. The lowest BCUT2D eigenvalue weighted by molar-refractivity contribution is -0.384. The number of piperazine rings is 1. The number of thiophene rings is 1. The molecule has 0 amide bonds. The van der Waals surface area contributed by atoms with Crippen LogP contribution in [0.15, 0.2) is 35.7 Å². The standard InChI is InChI=1S/C15H16ClN3O2S/c16-14-10-12(19(20)21)3-4-15(14)18-7-5-17(6-8-18)11-13-2-1-9-22-13/h1-4,9-10H,5-8,11H2. The number of nitrogens with zero attached hydrogens (tertiary/aromatic N) is 3. The van der Waals surface area contributed by atoms with Gasteiger partial charge in [-0.3, -0.25) is 15.0 Å². The van der Waals surface area contributed by atoms with E-state index >= 15 is 0 Å². The second-order valence-electron chi connectivity index (χ2n) is 5.24. The van der Waals surface area contributed by atoms with Crippen LogP contribution in [0.3, 0.4) is 0 Å². The van der Waals surface area contributed by atoms with Crippen LogP contribution in [-0.4, -0.2) is 36.0 Å². The second-order valence-corrected chi connectivity index (χ2v) is 6.67. The minimum absolute atomic E-state index is 0.0325. The smallest absolute Gasteiger partial charge is 0.271 e. The maximum absolute atomic E-state index is 10.8. The highest BCUT2D eigenvalue weighted by atomic mass is 35.5. The second kappa shape index (κ2) is 6.64. The van der Waals surface area contributed by atoms with E-state index in [9.17, 15) is 10.1 Å². The molecule has 0 saturated carbocycles. The lowest BCUT2D eigenvalue weighted by Crippen LogP contribution is -2.45. The third-order valence-electron chi connectivity index (χ3n) is 3.81. The van der Waals surface area contributed by atoms with Crippen molar-refractivity contribution < 1.29 is 4.92 Å². The van der Waals surface area contributed by atoms with E-state index in [4.69, 9.17) is 11.6 Å². The van der Waals surface area contributed by atoms with Gasteiger partial charge in [0.1, 0.15) is 0 Å². The average Bonchev–Trinajstić information content (AvgIpc) is 3.01. The summed E-state index contributed by atoms with van der Waals surface area (Å²) in [5.41, 5.74) is 0.910. The van der Waals surface area contributed by atoms with Crippen LogP contribution in [0.2, 0.25) is 5.02 Å². The molecule has 1 saturated heterocycles. The molecule has 2 aromatic rings. The largest absolute Gasteiger partial charge is 0.368 e. The summed E-state index contributed by atoms with van der Waals surface area (Å²) in [6.45, 7) is 4.67.